The number of aromatic nitrogens is 1. The zero-order valence-corrected chi connectivity index (χ0v) is 13.6. The van der Waals surface area contributed by atoms with Crippen LogP contribution in [0.15, 0.2) is 65.3 Å². The number of pyridine rings is 1. The quantitative estimate of drug-likeness (QED) is 0.525. The Balaban J connectivity index is 2.08. The molecule has 22 heavy (non-hydrogen) atoms. The van der Waals surface area contributed by atoms with Gasteiger partial charge in [0.05, 0.1) is 5.52 Å². The third-order valence-electron chi connectivity index (χ3n) is 3.46. The molecule has 0 saturated heterocycles. The van der Waals surface area contributed by atoms with Gasteiger partial charge in [-0.3, -0.25) is 0 Å². The van der Waals surface area contributed by atoms with Gasteiger partial charge in [-0.05, 0) is 40.5 Å². The molecule has 1 unspecified atom stereocenters. The van der Waals surface area contributed by atoms with E-state index in [2.05, 4.69) is 32.8 Å². The normalized spacial score (nSPS) is 13.2. The highest BCUT2D eigenvalue weighted by molar-refractivity contribution is 9.10. The summed E-state index contributed by atoms with van der Waals surface area (Å²) in [6.45, 7) is 1.70. The summed E-state index contributed by atoms with van der Waals surface area (Å²) in [7, 11) is 0. The van der Waals surface area contributed by atoms with Gasteiger partial charge in [0, 0.05) is 10.9 Å². The first-order valence-corrected chi connectivity index (χ1v) is 7.72. The largest absolute Gasteiger partial charge is 0.374 e. The Morgan fingerprint density at radius 2 is 1.73 bits per heavy atom. The Morgan fingerprint density at radius 1 is 1.05 bits per heavy atom. The molecule has 0 amide bonds. The van der Waals surface area contributed by atoms with Crippen LogP contribution in [-0.2, 0) is 5.60 Å². The van der Waals surface area contributed by atoms with Crippen LogP contribution in [0.4, 0.5) is 0 Å². The predicted octanol–water partition coefficient (Wildman–Crippen LogP) is 4.26. The molecular weight excluding hydrogens is 338 g/mol. The number of hydrogen-bond acceptors (Lipinski definition) is 2. The van der Waals surface area contributed by atoms with E-state index in [1.807, 2.05) is 60.7 Å². The van der Waals surface area contributed by atoms with Gasteiger partial charge >= 0.3 is 0 Å². The molecule has 3 aromatic rings. The molecule has 1 aromatic heterocycles. The Kier molecular flexibility index (Phi) is 3.98. The third-order valence-corrected chi connectivity index (χ3v) is 3.87. The second-order valence-corrected chi connectivity index (χ2v) is 6.01. The first-order valence-electron chi connectivity index (χ1n) is 6.93. The summed E-state index contributed by atoms with van der Waals surface area (Å²) < 4.78 is 0.731. The van der Waals surface area contributed by atoms with Crippen molar-refractivity contribution >= 4 is 26.8 Å². The number of nitrogens with zero attached hydrogens (tertiary/aromatic N) is 1. The lowest BCUT2D eigenvalue weighted by Gasteiger charge is -2.16. The highest BCUT2D eigenvalue weighted by Gasteiger charge is 2.19. The van der Waals surface area contributed by atoms with Crippen molar-refractivity contribution in [3.05, 3.63) is 76.4 Å². The van der Waals surface area contributed by atoms with E-state index >= 15 is 0 Å². The van der Waals surface area contributed by atoms with Crippen molar-refractivity contribution < 1.29 is 5.11 Å². The zero-order valence-electron chi connectivity index (χ0n) is 12.0. The molecule has 0 bridgehead atoms. The summed E-state index contributed by atoms with van der Waals surface area (Å²) in [6.07, 6.45) is 0. The van der Waals surface area contributed by atoms with Gasteiger partial charge in [-0.1, -0.05) is 60.4 Å². The molecule has 0 aliphatic carbocycles. The molecule has 3 rings (SSSR count). The average molecular weight is 352 g/mol. The maximum atomic E-state index is 10.6. The Morgan fingerprint density at radius 3 is 2.50 bits per heavy atom. The first-order chi connectivity index (χ1) is 10.6. The van der Waals surface area contributed by atoms with Gasteiger partial charge < -0.3 is 5.11 Å². The maximum Gasteiger partial charge on any atom is 0.148 e. The number of rotatable bonds is 1. The van der Waals surface area contributed by atoms with Gasteiger partial charge in [0.15, 0.2) is 0 Å². The predicted molar refractivity (Wildman–Crippen MR) is 92.3 cm³/mol. The fourth-order valence-electron chi connectivity index (χ4n) is 2.27. The summed E-state index contributed by atoms with van der Waals surface area (Å²) in [5.74, 6) is 6.07. The molecule has 1 atom stereocenters. The number of aliphatic hydroxyl groups is 1. The van der Waals surface area contributed by atoms with Crippen molar-refractivity contribution in [2.24, 2.45) is 0 Å². The van der Waals surface area contributed by atoms with E-state index in [0.717, 1.165) is 26.6 Å². The van der Waals surface area contributed by atoms with E-state index in [1.165, 1.54) is 0 Å². The van der Waals surface area contributed by atoms with Crippen molar-refractivity contribution in [3.63, 3.8) is 0 Å². The van der Waals surface area contributed by atoms with Crippen molar-refractivity contribution in [2.75, 3.05) is 0 Å². The Bertz CT molecular complexity index is 876. The number of benzene rings is 2. The molecule has 108 valence electrons. The monoisotopic (exact) mass is 351 g/mol. The molecule has 0 aliphatic rings. The van der Waals surface area contributed by atoms with Crippen molar-refractivity contribution in [3.8, 4) is 11.8 Å². The summed E-state index contributed by atoms with van der Waals surface area (Å²) in [6, 6.07) is 19.1. The number of hydrogen-bond donors (Lipinski definition) is 1. The van der Waals surface area contributed by atoms with Crippen LogP contribution >= 0.6 is 15.9 Å². The Hall–Kier alpha value is -2.15. The minimum Gasteiger partial charge on any atom is -0.374 e. The second kappa shape index (κ2) is 5.92. The van der Waals surface area contributed by atoms with Crippen LogP contribution in [0.25, 0.3) is 10.9 Å². The van der Waals surface area contributed by atoms with Crippen LogP contribution in [0.3, 0.4) is 0 Å². The zero-order chi connectivity index (χ0) is 15.6. The standard InChI is InChI=1S/C19H14BrNO/c1-19(22,15-7-3-2-4-8-15)12-11-14-13-18(20)21-17-10-6-5-9-16(14)17/h2-10,13,22H,1H3. The number of fused-ring (bicyclic) bond motifs is 1. The van der Waals surface area contributed by atoms with E-state index in [-0.39, 0.29) is 0 Å². The number of halogens is 1. The van der Waals surface area contributed by atoms with E-state index in [1.54, 1.807) is 6.92 Å². The molecule has 2 nitrogen and oxygen atoms in total. The van der Waals surface area contributed by atoms with Crippen LogP contribution < -0.4 is 0 Å². The lowest BCUT2D eigenvalue weighted by molar-refractivity contribution is 0.122. The van der Waals surface area contributed by atoms with Gasteiger partial charge in [0.2, 0.25) is 0 Å². The number of para-hydroxylation sites is 1. The van der Waals surface area contributed by atoms with E-state index in [4.69, 9.17) is 0 Å². The molecule has 1 N–H and O–H groups in total. The maximum absolute atomic E-state index is 10.6. The van der Waals surface area contributed by atoms with Gasteiger partial charge in [-0.2, -0.15) is 0 Å². The van der Waals surface area contributed by atoms with Gasteiger partial charge in [0.25, 0.3) is 0 Å². The molecule has 0 radical (unpaired) electrons. The molecule has 3 heteroatoms. The lowest BCUT2D eigenvalue weighted by Crippen LogP contribution is -2.18. The van der Waals surface area contributed by atoms with Crippen molar-refractivity contribution in [1.82, 2.24) is 4.98 Å². The molecule has 0 fully saturated rings. The van der Waals surface area contributed by atoms with E-state index < -0.39 is 5.60 Å². The van der Waals surface area contributed by atoms with Gasteiger partial charge in [-0.15, -0.1) is 0 Å². The minimum atomic E-state index is -1.20. The molecular formula is C19H14BrNO. The molecule has 0 spiro atoms. The summed E-state index contributed by atoms with van der Waals surface area (Å²) in [4.78, 5) is 4.43. The highest BCUT2D eigenvalue weighted by atomic mass is 79.9. The smallest absolute Gasteiger partial charge is 0.148 e. The molecule has 0 saturated carbocycles. The summed E-state index contributed by atoms with van der Waals surface area (Å²) in [5.41, 5.74) is 1.30. The molecule has 0 aliphatic heterocycles. The van der Waals surface area contributed by atoms with Crippen molar-refractivity contribution in [2.45, 2.75) is 12.5 Å². The topological polar surface area (TPSA) is 33.1 Å². The van der Waals surface area contributed by atoms with E-state index in [9.17, 15) is 5.11 Å². The minimum absolute atomic E-state index is 0.731. The fourth-order valence-corrected chi connectivity index (χ4v) is 2.69. The lowest BCUT2D eigenvalue weighted by atomic mass is 9.96. The van der Waals surface area contributed by atoms with Crippen LogP contribution in [0.5, 0.6) is 0 Å². The molecule has 2 aromatic carbocycles. The van der Waals surface area contributed by atoms with Crippen molar-refractivity contribution in [1.29, 1.82) is 0 Å². The van der Waals surface area contributed by atoms with Crippen LogP contribution in [0.2, 0.25) is 0 Å². The highest BCUT2D eigenvalue weighted by Crippen LogP contribution is 2.22. The van der Waals surface area contributed by atoms with Gasteiger partial charge in [-0.25, -0.2) is 4.98 Å². The third kappa shape index (κ3) is 3.04. The van der Waals surface area contributed by atoms with Crippen LogP contribution in [0, 0.1) is 11.8 Å². The SMILES string of the molecule is CC(O)(C#Cc1cc(Br)nc2ccccc12)c1ccccc1. The van der Waals surface area contributed by atoms with Crippen LogP contribution in [0.1, 0.15) is 18.1 Å². The fraction of sp³-hybridized carbons (Fsp3) is 0.105. The second-order valence-electron chi connectivity index (χ2n) is 5.20. The van der Waals surface area contributed by atoms with Crippen LogP contribution in [-0.4, -0.2) is 10.1 Å². The van der Waals surface area contributed by atoms with Gasteiger partial charge in [0.1, 0.15) is 10.2 Å². The first kappa shape index (κ1) is 14.8. The summed E-state index contributed by atoms with van der Waals surface area (Å²) in [5, 5.41) is 11.6. The molecule has 1 heterocycles. The van der Waals surface area contributed by atoms with E-state index in [0.29, 0.717) is 0 Å². The summed E-state index contributed by atoms with van der Waals surface area (Å²) >= 11 is 3.41. The average Bonchev–Trinajstić information content (AvgIpc) is 2.53. The Labute approximate surface area is 138 Å².